The van der Waals surface area contributed by atoms with E-state index in [0.717, 1.165) is 12.0 Å². The van der Waals surface area contributed by atoms with Gasteiger partial charge >= 0.3 is 29.6 Å². The summed E-state index contributed by atoms with van der Waals surface area (Å²) in [6.45, 7) is 5.48. The Bertz CT molecular complexity index is 1050. The Labute approximate surface area is 202 Å². The summed E-state index contributed by atoms with van der Waals surface area (Å²) in [5.74, 6) is -0.606. The molecule has 0 atom stereocenters. The van der Waals surface area contributed by atoms with Crippen LogP contribution in [0.15, 0.2) is 47.0 Å². The third-order valence-corrected chi connectivity index (χ3v) is 5.27. The Morgan fingerprint density at radius 3 is 2.48 bits per heavy atom. The fourth-order valence-electron chi connectivity index (χ4n) is 3.62. The van der Waals surface area contributed by atoms with Gasteiger partial charge in [-0.15, -0.1) is 0 Å². The van der Waals surface area contributed by atoms with E-state index < -0.39 is 11.9 Å². The van der Waals surface area contributed by atoms with Gasteiger partial charge in [0.15, 0.2) is 0 Å². The Morgan fingerprint density at radius 2 is 1.87 bits per heavy atom. The van der Waals surface area contributed by atoms with Crippen LogP contribution in [-0.4, -0.2) is 34.1 Å². The molecule has 0 unspecified atom stereocenters. The zero-order valence-electron chi connectivity index (χ0n) is 18.0. The van der Waals surface area contributed by atoms with Gasteiger partial charge in [-0.1, -0.05) is 43.3 Å². The van der Waals surface area contributed by atoms with Gasteiger partial charge in [-0.05, 0) is 36.1 Å². The van der Waals surface area contributed by atoms with Crippen LogP contribution in [0, 0.1) is 17.7 Å². The average molecular weight is 431 g/mol. The molecule has 3 aromatic rings. The molecule has 0 spiro atoms. The first-order valence-electron chi connectivity index (χ1n) is 10.0. The molecule has 0 bridgehead atoms. The molecule has 0 radical (unpaired) electrons. The van der Waals surface area contributed by atoms with Crippen LogP contribution in [0.4, 0.5) is 4.39 Å². The number of aromatic nitrogens is 2. The van der Waals surface area contributed by atoms with Crippen LogP contribution < -0.4 is 34.7 Å². The van der Waals surface area contributed by atoms with E-state index in [1.54, 1.807) is 12.1 Å². The normalized spacial score (nSPS) is 14.3. The molecule has 0 amide bonds. The van der Waals surface area contributed by atoms with E-state index in [9.17, 15) is 14.3 Å². The minimum absolute atomic E-state index is 0. The number of hydrogen-bond acceptors (Lipinski definition) is 6. The summed E-state index contributed by atoms with van der Waals surface area (Å²) in [6.07, 6.45) is 1.01. The van der Waals surface area contributed by atoms with E-state index in [0.29, 0.717) is 48.4 Å². The molecular weight excluding hydrogens is 408 g/mol. The number of likely N-dealkylation sites (tertiary alicyclic amines) is 1. The molecule has 1 aliphatic heterocycles. The van der Waals surface area contributed by atoms with E-state index in [1.807, 2.05) is 17.0 Å². The van der Waals surface area contributed by atoms with Crippen molar-refractivity contribution in [2.24, 2.45) is 11.8 Å². The van der Waals surface area contributed by atoms with Crippen molar-refractivity contribution in [3.63, 3.8) is 0 Å². The van der Waals surface area contributed by atoms with Crippen LogP contribution in [0.2, 0.25) is 0 Å². The largest absolute Gasteiger partial charge is 1.00 e. The van der Waals surface area contributed by atoms with Gasteiger partial charge in [-0.2, -0.15) is 4.98 Å². The predicted molar refractivity (Wildman–Crippen MR) is 107 cm³/mol. The van der Waals surface area contributed by atoms with Crippen molar-refractivity contribution in [1.82, 2.24) is 15.0 Å². The molecule has 4 rings (SSSR count). The maximum atomic E-state index is 14.5. The van der Waals surface area contributed by atoms with E-state index >= 15 is 0 Å². The molecular formula is C23H23FN3NaO3. The number of carbonyl (C=O) groups excluding carboxylic acids is 1. The molecule has 1 fully saturated rings. The molecule has 1 aliphatic rings. The van der Waals surface area contributed by atoms with Crippen LogP contribution in [0.25, 0.3) is 22.8 Å². The third-order valence-electron chi connectivity index (χ3n) is 5.27. The number of nitrogens with zero attached hydrogens (tertiary/aromatic N) is 3. The summed E-state index contributed by atoms with van der Waals surface area (Å²) in [6, 6.07) is 12.8. The van der Waals surface area contributed by atoms with Gasteiger partial charge in [-0.3, -0.25) is 4.90 Å². The smallest absolute Gasteiger partial charge is 0.550 e. The van der Waals surface area contributed by atoms with Crippen molar-refractivity contribution in [3.05, 3.63) is 59.4 Å². The van der Waals surface area contributed by atoms with E-state index in [4.69, 9.17) is 4.52 Å². The number of benzene rings is 2. The second-order valence-corrected chi connectivity index (χ2v) is 8.23. The summed E-state index contributed by atoms with van der Waals surface area (Å²) >= 11 is 0. The Hall–Kier alpha value is -2.06. The molecule has 0 N–H and O–H groups in total. The van der Waals surface area contributed by atoms with Crippen LogP contribution in [0.5, 0.6) is 0 Å². The van der Waals surface area contributed by atoms with Gasteiger partial charge in [-0.25, -0.2) is 4.39 Å². The van der Waals surface area contributed by atoms with Crippen LogP contribution in [0.1, 0.15) is 25.0 Å². The predicted octanol–water partition coefficient (Wildman–Crippen LogP) is -0.0731. The number of hydrogen-bond donors (Lipinski definition) is 0. The van der Waals surface area contributed by atoms with E-state index in [-0.39, 0.29) is 35.4 Å². The van der Waals surface area contributed by atoms with Gasteiger partial charge in [0.25, 0.3) is 5.89 Å². The summed E-state index contributed by atoms with van der Waals surface area (Å²) in [4.78, 5) is 17.0. The topological polar surface area (TPSA) is 82.3 Å². The Kier molecular flexibility index (Phi) is 7.64. The molecule has 6 nitrogen and oxygen atoms in total. The van der Waals surface area contributed by atoms with Gasteiger partial charge in [0.05, 0.1) is 0 Å². The van der Waals surface area contributed by atoms with Crippen LogP contribution >= 0.6 is 0 Å². The first kappa shape index (κ1) is 23.6. The zero-order valence-corrected chi connectivity index (χ0v) is 20.0. The second kappa shape index (κ2) is 10.0. The fraction of sp³-hybridized carbons (Fsp3) is 0.348. The SMILES string of the molecule is CC(C)Cc1ccc(-c2nc(-c3ccc(CN4CC(C(=O)[O-])C4)c(F)c3)no2)cc1.[Na+]. The number of carboxylic acids is 1. The van der Waals surface area contributed by atoms with Crippen LogP contribution in [-0.2, 0) is 17.8 Å². The number of aliphatic carboxylic acids is 1. The van der Waals surface area contributed by atoms with E-state index in [2.05, 4.69) is 36.1 Å². The van der Waals surface area contributed by atoms with E-state index in [1.165, 1.54) is 11.6 Å². The van der Waals surface area contributed by atoms with Crippen molar-refractivity contribution >= 4 is 5.97 Å². The molecule has 8 heteroatoms. The molecule has 0 saturated carbocycles. The third kappa shape index (κ3) is 5.60. The van der Waals surface area contributed by atoms with Gasteiger partial charge in [0.1, 0.15) is 5.82 Å². The standard InChI is InChI=1S/C23H24FN3O3.Na/c1-14(2)9-15-3-5-16(6-4-15)22-25-21(26-30-22)17-7-8-18(20(24)10-17)11-27-12-19(13-27)23(28)29;/h3-8,10,14,19H,9,11-13H2,1-2H3,(H,28,29);/q;+1/p-1. The summed E-state index contributed by atoms with van der Waals surface area (Å²) in [5.41, 5.74) is 3.09. The number of carboxylic acid groups (broad SMARTS) is 1. The summed E-state index contributed by atoms with van der Waals surface area (Å²) in [5, 5.41) is 14.8. The van der Waals surface area contributed by atoms with Gasteiger partial charge in [0.2, 0.25) is 5.82 Å². The van der Waals surface area contributed by atoms with Crippen molar-refractivity contribution in [2.75, 3.05) is 13.1 Å². The molecule has 1 aromatic heterocycles. The average Bonchev–Trinajstić information content (AvgIpc) is 3.15. The Morgan fingerprint density at radius 1 is 1.19 bits per heavy atom. The molecule has 0 aliphatic carbocycles. The molecule has 1 saturated heterocycles. The molecule has 156 valence electrons. The van der Waals surface area contributed by atoms with Crippen molar-refractivity contribution < 1.29 is 48.4 Å². The number of rotatable bonds is 7. The molecule has 2 aromatic carbocycles. The minimum Gasteiger partial charge on any atom is -0.550 e. The van der Waals surface area contributed by atoms with Gasteiger partial charge in [0, 0.05) is 48.2 Å². The number of halogens is 1. The maximum absolute atomic E-state index is 14.5. The molecule has 31 heavy (non-hydrogen) atoms. The fourth-order valence-corrected chi connectivity index (χ4v) is 3.62. The van der Waals surface area contributed by atoms with Crippen molar-refractivity contribution in [3.8, 4) is 22.8 Å². The second-order valence-electron chi connectivity index (χ2n) is 8.23. The maximum Gasteiger partial charge on any atom is 1.00 e. The number of carbonyl (C=O) groups is 1. The monoisotopic (exact) mass is 431 g/mol. The summed E-state index contributed by atoms with van der Waals surface area (Å²) < 4.78 is 19.9. The molecule has 2 heterocycles. The minimum atomic E-state index is -1.05. The quantitative estimate of drug-likeness (QED) is 0.487. The zero-order chi connectivity index (χ0) is 21.3. The first-order chi connectivity index (χ1) is 14.4. The first-order valence-corrected chi connectivity index (χ1v) is 10.0. The van der Waals surface area contributed by atoms with Crippen LogP contribution in [0.3, 0.4) is 0 Å². The van der Waals surface area contributed by atoms with Crippen molar-refractivity contribution in [2.45, 2.75) is 26.8 Å². The summed E-state index contributed by atoms with van der Waals surface area (Å²) in [7, 11) is 0. The Balaban J connectivity index is 0.00000272. The van der Waals surface area contributed by atoms with Gasteiger partial charge < -0.3 is 14.4 Å². The van der Waals surface area contributed by atoms with Crippen molar-refractivity contribution in [1.29, 1.82) is 0 Å².